The van der Waals surface area contributed by atoms with Crippen LogP contribution >= 0.6 is 24.0 Å². The molecular formula is C12H25IN4O. The Morgan fingerprint density at radius 1 is 1.28 bits per heavy atom. The highest BCUT2D eigenvalue weighted by Crippen LogP contribution is 2.18. The van der Waals surface area contributed by atoms with Crippen LogP contribution in [0.25, 0.3) is 0 Å². The highest BCUT2D eigenvalue weighted by Gasteiger charge is 2.21. The fourth-order valence-electron chi connectivity index (χ4n) is 1.36. The smallest absolute Gasteiger partial charge is 0.221 e. The molecule has 0 bridgehead atoms. The van der Waals surface area contributed by atoms with Crippen LogP contribution in [0.15, 0.2) is 4.99 Å². The zero-order chi connectivity index (χ0) is 12.5. The first-order valence-corrected chi connectivity index (χ1v) is 6.57. The molecule has 0 aromatic heterocycles. The molecule has 0 heterocycles. The second-order valence-electron chi connectivity index (χ2n) is 4.28. The lowest BCUT2D eigenvalue weighted by atomic mass is 10.4. The maximum absolute atomic E-state index is 11.4. The average molecular weight is 368 g/mol. The van der Waals surface area contributed by atoms with Crippen molar-refractivity contribution in [1.29, 1.82) is 0 Å². The molecule has 106 valence electrons. The molecule has 1 aliphatic rings. The maximum Gasteiger partial charge on any atom is 0.221 e. The lowest BCUT2D eigenvalue weighted by Crippen LogP contribution is -2.38. The molecule has 6 heteroatoms. The molecule has 0 spiro atoms. The first-order valence-electron chi connectivity index (χ1n) is 6.57. The van der Waals surface area contributed by atoms with Crippen LogP contribution in [-0.4, -0.2) is 37.5 Å². The first kappa shape index (κ1) is 17.5. The molecular weight excluding hydrogens is 343 g/mol. The van der Waals surface area contributed by atoms with Gasteiger partial charge in [-0.25, -0.2) is 0 Å². The zero-order valence-corrected chi connectivity index (χ0v) is 13.6. The summed E-state index contributed by atoms with van der Waals surface area (Å²) < 4.78 is 0. The number of amides is 1. The van der Waals surface area contributed by atoms with Gasteiger partial charge in [0.05, 0.1) is 6.54 Å². The van der Waals surface area contributed by atoms with E-state index in [-0.39, 0.29) is 29.9 Å². The molecule has 5 nitrogen and oxygen atoms in total. The summed E-state index contributed by atoms with van der Waals surface area (Å²) in [5.74, 6) is 0.913. The number of nitrogens with one attached hydrogen (secondary N) is 3. The molecule has 1 rings (SSSR count). The minimum absolute atomic E-state index is 0. The van der Waals surface area contributed by atoms with Crippen LogP contribution in [0.2, 0.25) is 0 Å². The normalized spacial score (nSPS) is 14.7. The van der Waals surface area contributed by atoms with Crippen molar-refractivity contribution in [2.75, 3.05) is 19.6 Å². The third-order valence-corrected chi connectivity index (χ3v) is 2.44. The molecule has 0 aromatic carbocycles. The topological polar surface area (TPSA) is 65.5 Å². The first-order chi connectivity index (χ1) is 8.26. The number of hydrogen-bond acceptors (Lipinski definition) is 2. The van der Waals surface area contributed by atoms with E-state index >= 15 is 0 Å². The Hall–Kier alpha value is -0.530. The summed E-state index contributed by atoms with van der Waals surface area (Å²) in [5, 5.41) is 9.34. The van der Waals surface area contributed by atoms with E-state index < -0.39 is 0 Å². The maximum atomic E-state index is 11.4. The number of halogens is 1. The SMILES string of the molecule is CCCNC(=O)CCN=C(NCC)NC1CC1.I. The van der Waals surface area contributed by atoms with Crippen LogP contribution in [0.5, 0.6) is 0 Å². The molecule has 0 unspecified atom stereocenters. The summed E-state index contributed by atoms with van der Waals surface area (Å²) in [5.41, 5.74) is 0. The Balaban J connectivity index is 0.00000289. The summed E-state index contributed by atoms with van der Waals surface area (Å²) in [6, 6.07) is 0.585. The quantitative estimate of drug-likeness (QED) is 0.360. The Kier molecular flexibility index (Phi) is 10.1. The number of carbonyl (C=O) groups is 1. The monoisotopic (exact) mass is 368 g/mol. The predicted molar refractivity (Wildman–Crippen MR) is 85.5 cm³/mol. The summed E-state index contributed by atoms with van der Waals surface area (Å²) >= 11 is 0. The van der Waals surface area contributed by atoms with E-state index in [4.69, 9.17) is 0 Å². The van der Waals surface area contributed by atoms with Crippen molar-refractivity contribution in [3.8, 4) is 0 Å². The van der Waals surface area contributed by atoms with Crippen molar-refractivity contribution in [2.45, 2.75) is 45.6 Å². The van der Waals surface area contributed by atoms with Gasteiger partial charge in [-0.1, -0.05) is 6.92 Å². The minimum atomic E-state index is 0. The predicted octanol–water partition coefficient (Wildman–Crippen LogP) is 1.24. The van der Waals surface area contributed by atoms with Crippen molar-refractivity contribution >= 4 is 35.8 Å². The Bertz CT molecular complexity index is 267. The van der Waals surface area contributed by atoms with Crippen molar-refractivity contribution in [2.24, 2.45) is 4.99 Å². The molecule has 0 saturated heterocycles. The molecule has 1 amide bonds. The van der Waals surface area contributed by atoms with Gasteiger partial charge in [0.15, 0.2) is 5.96 Å². The highest BCUT2D eigenvalue weighted by molar-refractivity contribution is 14.0. The van der Waals surface area contributed by atoms with E-state index in [0.29, 0.717) is 19.0 Å². The van der Waals surface area contributed by atoms with E-state index in [1.807, 2.05) is 13.8 Å². The van der Waals surface area contributed by atoms with Gasteiger partial charge in [0.2, 0.25) is 5.91 Å². The lowest BCUT2D eigenvalue weighted by Gasteiger charge is -2.09. The van der Waals surface area contributed by atoms with Gasteiger partial charge in [0, 0.05) is 25.6 Å². The third kappa shape index (κ3) is 8.54. The number of guanidine groups is 1. The Morgan fingerprint density at radius 3 is 2.56 bits per heavy atom. The van der Waals surface area contributed by atoms with Crippen molar-refractivity contribution in [3.05, 3.63) is 0 Å². The van der Waals surface area contributed by atoms with Gasteiger partial charge in [0.1, 0.15) is 0 Å². The fourth-order valence-corrected chi connectivity index (χ4v) is 1.36. The average Bonchev–Trinajstić information content (AvgIpc) is 3.10. The van der Waals surface area contributed by atoms with Gasteiger partial charge in [0.25, 0.3) is 0 Å². The number of rotatable bonds is 7. The third-order valence-electron chi connectivity index (χ3n) is 2.44. The molecule has 0 atom stereocenters. The van der Waals surface area contributed by atoms with Crippen molar-refractivity contribution in [1.82, 2.24) is 16.0 Å². The number of aliphatic imine (C=N–C) groups is 1. The second kappa shape index (κ2) is 10.4. The van der Waals surface area contributed by atoms with Crippen LogP contribution in [-0.2, 0) is 4.79 Å². The van der Waals surface area contributed by atoms with E-state index in [0.717, 1.165) is 25.5 Å². The molecule has 1 fully saturated rings. The van der Waals surface area contributed by atoms with Crippen molar-refractivity contribution in [3.63, 3.8) is 0 Å². The van der Waals surface area contributed by atoms with E-state index in [2.05, 4.69) is 20.9 Å². The molecule has 1 aliphatic carbocycles. The second-order valence-corrected chi connectivity index (χ2v) is 4.28. The van der Waals surface area contributed by atoms with Crippen LogP contribution < -0.4 is 16.0 Å². The number of hydrogen-bond donors (Lipinski definition) is 3. The molecule has 3 N–H and O–H groups in total. The summed E-state index contributed by atoms with van der Waals surface area (Å²) in [6.07, 6.45) is 3.88. The lowest BCUT2D eigenvalue weighted by molar-refractivity contribution is -0.120. The summed E-state index contributed by atoms with van der Waals surface area (Å²) in [7, 11) is 0. The molecule has 18 heavy (non-hydrogen) atoms. The van der Waals surface area contributed by atoms with Gasteiger partial charge in [-0.15, -0.1) is 24.0 Å². The van der Waals surface area contributed by atoms with Gasteiger partial charge in [-0.05, 0) is 26.2 Å². The van der Waals surface area contributed by atoms with Crippen molar-refractivity contribution < 1.29 is 4.79 Å². The number of carbonyl (C=O) groups excluding carboxylic acids is 1. The minimum Gasteiger partial charge on any atom is -0.357 e. The fraction of sp³-hybridized carbons (Fsp3) is 0.833. The molecule has 0 radical (unpaired) electrons. The number of nitrogens with zero attached hydrogens (tertiary/aromatic N) is 1. The van der Waals surface area contributed by atoms with Crippen LogP contribution in [0.1, 0.15) is 39.5 Å². The van der Waals surface area contributed by atoms with Crippen LogP contribution in [0.3, 0.4) is 0 Å². The van der Waals surface area contributed by atoms with Gasteiger partial charge < -0.3 is 16.0 Å². The molecule has 0 aromatic rings. The van der Waals surface area contributed by atoms with Crippen LogP contribution in [0, 0.1) is 0 Å². The summed E-state index contributed by atoms with van der Waals surface area (Å²) in [6.45, 7) is 6.22. The highest BCUT2D eigenvalue weighted by atomic mass is 127. The van der Waals surface area contributed by atoms with Gasteiger partial charge in [-0.3, -0.25) is 9.79 Å². The Morgan fingerprint density at radius 2 is 2.00 bits per heavy atom. The zero-order valence-electron chi connectivity index (χ0n) is 11.3. The summed E-state index contributed by atoms with van der Waals surface area (Å²) in [4.78, 5) is 15.7. The molecule has 0 aliphatic heterocycles. The standard InChI is InChI=1S/C12H24N4O.HI/c1-3-8-14-11(17)7-9-15-12(13-4-2)16-10-5-6-10;/h10H,3-9H2,1-2H3,(H,14,17)(H2,13,15,16);1H. The van der Waals surface area contributed by atoms with E-state index in [9.17, 15) is 4.79 Å². The van der Waals surface area contributed by atoms with E-state index in [1.165, 1.54) is 12.8 Å². The molecule has 1 saturated carbocycles. The van der Waals surface area contributed by atoms with E-state index in [1.54, 1.807) is 0 Å². The Labute approximate surface area is 127 Å². The largest absolute Gasteiger partial charge is 0.357 e. The van der Waals surface area contributed by atoms with Gasteiger partial charge >= 0.3 is 0 Å². The van der Waals surface area contributed by atoms with Gasteiger partial charge in [-0.2, -0.15) is 0 Å². The van der Waals surface area contributed by atoms with Crippen LogP contribution in [0.4, 0.5) is 0 Å².